The molecule has 2 aliphatic heterocycles. The van der Waals surface area contributed by atoms with Crippen LogP contribution < -0.4 is 30.7 Å². The lowest BCUT2D eigenvalue weighted by molar-refractivity contribution is -0.286. The third kappa shape index (κ3) is 8.70. The second-order valence-electron chi connectivity index (χ2n) is 12.7. The molecule has 4 aliphatic rings. The van der Waals surface area contributed by atoms with Crippen LogP contribution in [0.2, 0.25) is 0 Å². The molecule has 0 spiro atoms. The molecule has 4 N–H and O–H groups in total. The van der Waals surface area contributed by atoms with Crippen molar-refractivity contribution in [2.75, 3.05) is 6.54 Å². The van der Waals surface area contributed by atoms with Crippen molar-refractivity contribution in [3.8, 4) is 11.5 Å². The van der Waals surface area contributed by atoms with E-state index >= 15 is 0 Å². The van der Waals surface area contributed by atoms with Crippen LogP contribution in [0.4, 0.5) is 8.78 Å². The summed E-state index contributed by atoms with van der Waals surface area (Å²) in [5.74, 6) is -4.15. The number of alkyl halides is 2. The number of fused-ring (bicyclic) bond motifs is 1. The topological polar surface area (TPSA) is 152 Å². The van der Waals surface area contributed by atoms with Gasteiger partial charge >= 0.3 is 6.29 Å². The van der Waals surface area contributed by atoms with E-state index in [-0.39, 0.29) is 41.4 Å². The summed E-state index contributed by atoms with van der Waals surface area (Å²) in [7, 11) is 0. The van der Waals surface area contributed by atoms with Crippen LogP contribution in [0.25, 0.3) is 0 Å². The van der Waals surface area contributed by atoms with Crippen LogP contribution in [0.1, 0.15) is 100 Å². The van der Waals surface area contributed by atoms with Crippen molar-refractivity contribution >= 4 is 29.4 Å². The number of rotatable bonds is 11. The predicted octanol–water partition coefficient (Wildman–Crippen LogP) is 3.50. The van der Waals surface area contributed by atoms with Crippen molar-refractivity contribution in [2.45, 2.75) is 114 Å². The highest BCUT2D eigenvalue weighted by Crippen LogP contribution is 2.41. The minimum Gasteiger partial charge on any atom is -0.395 e. The van der Waals surface area contributed by atoms with E-state index in [4.69, 9.17) is 0 Å². The first-order valence-electron chi connectivity index (χ1n) is 16.2. The van der Waals surface area contributed by atoms with Gasteiger partial charge in [0.25, 0.3) is 11.8 Å². The molecule has 2 saturated carbocycles. The number of ether oxygens (including phenoxy) is 2. The van der Waals surface area contributed by atoms with Crippen molar-refractivity contribution in [1.82, 2.24) is 21.3 Å². The maximum absolute atomic E-state index is 13.9. The Bertz CT molecular complexity index is 1280. The number of Topliss-reactive ketones (excluding diaryl/α,β-unsaturated/α-hetero) is 1. The molecule has 45 heavy (non-hydrogen) atoms. The first-order valence-corrected chi connectivity index (χ1v) is 16.2. The summed E-state index contributed by atoms with van der Waals surface area (Å²) >= 11 is 0. The van der Waals surface area contributed by atoms with E-state index in [0.29, 0.717) is 25.8 Å². The van der Waals surface area contributed by atoms with E-state index in [1.165, 1.54) is 12.1 Å². The number of amides is 4. The van der Waals surface area contributed by atoms with Gasteiger partial charge in [-0.3, -0.25) is 24.0 Å². The third-order valence-electron chi connectivity index (χ3n) is 9.30. The molecule has 246 valence electrons. The normalized spacial score (nSPS) is 22.9. The Hall–Kier alpha value is -3.77. The van der Waals surface area contributed by atoms with Crippen LogP contribution in [0, 0.1) is 11.8 Å². The zero-order valence-corrected chi connectivity index (χ0v) is 25.3. The zero-order valence-electron chi connectivity index (χ0n) is 25.3. The number of hydrogen-bond donors (Lipinski definition) is 4. The van der Waals surface area contributed by atoms with E-state index < -0.39 is 47.8 Å². The second-order valence-corrected chi connectivity index (χ2v) is 12.7. The summed E-state index contributed by atoms with van der Waals surface area (Å²) in [4.78, 5) is 66.4. The number of halogens is 2. The van der Waals surface area contributed by atoms with Crippen LogP contribution in [0.3, 0.4) is 0 Å². The van der Waals surface area contributed by atoms with Gasteiger partial charge in [0, 0.05) is 24.1 Å². The van der Waals surface area contributed by atoms with E-state index in [1.807, 2.05) is 0 Å². The molecule has 11 nitrogen and oxygen atoms in total. The molecule has 4 amide bonds. The highest BCUT2D eigenvalue weighted by molar-refractivity contribution is 6.38. The monoisotopic (exact) mass is 632 g/mol. The van der Waals surface area contributed by atoms with Crippen molar-refractivity contribution in [3.05, 3.63) is 23.8 Å². The molecular formula is C32H42F2N4O7. The Balaban J connectivity index is 1.32. The summed E-state index contributed by atoms with van der Waals surface area (Å²) in [5.41, 5.74) is -0.0187. The van der Waals surface area contributed by atoms with Crippen molar-refractivity contribution in [2.24, 2.45) is 11.8 Å². The molecule has 0 radical (unpaired) electrons. The lowest BCUT2D eigenvalue weighted by atomic mass is 9.84. The fourth-order valence-corrected chi connectivity index (χ4v) is 6.83. The van der Waals surface area contributed by atoms with Crippen molar-refractivity contribution in [1.29, 1.82) is 0 Å². The lowest BCUT2D eigenvalue weighted by Crippen LogP contribution is -2.56. The Morgan fingerprint density at radius 2 is 1.53 bits per heavy atom. The van der Waals surface area contributed by atoms with Crippen LogP contribution in [0.15, 0.2) is 18.2 Å². The molecule has 3 atom stereocenters. The van der Waals surface area contributed by atoms with Crippen LogP contribution in [-0.4, -0.2) is 60.4 Å². The van der Waals surface area contributed by atoms with Crippen LogP contribution >= 0.6 is 0 Å². The molecule has 2 heterocycles. The van der Waals surface area contributed by atoms with Gasteiger partial charge in [-0.2, -0.15) is 0 Å². The smallest absolute Gasteiger partial charge is 0.395 e. The SMILES string of the molecule is O=C(NC1CCCCC1)C(=O)[C@H](C[C@@H]1CCCNC1=O)NC(=O)[C@H](CC1CCCCC1)NC(=O)c1ccc2c(c1)OC(F)(F)O2. The third-order valence-corrected chi connectivity index (χ3v) is 9.30. The molecule has 13 heteroatoms. The molecule has 5 rings (SSSR count). The van der Waals surface area contributed by atoms with Crippen molar-refractivity contribution < 1.29 is 42.2 Å². The van der Waals surface area contributed by atoms with Gasteiger partial charge in [-0.05, 0) is 62.6 Å². The number of ketones is 1. The Labute approximate surface area is 260 Å². The fourth-order valence-electron chi connectivity index (χ4n) is 6.83. The highest BCUT2D eigenvalue weighted by Gasteiger charge is 2.44. The number of nitrogens with one attached hydrogen (secondary N) is 4. The van der Waals surface area contributed by atoms with Gasteiger partial charge in [-0.1, -0.05) is 51.4 Å². The van der Waals surface area contributed by atoms with Gasteiger partial charge in [0.05, 0.1) is 6.04 Å². The second kappa shape index (κ2) is 14.6. The number of carbonyl (C=O) groups excluding carboxylic acids is 5. The predicted molar refractivity (Wildman–Crippen MR) is 157 cm³/mol. The number of hydrogen-bond acceptors (Lipinski definition) is 7. The zero-order chi connectivity index (χ0) is 32.0. The maximum Gasteiger partial charge on any atom is 0.586 e. The molecular weight excluding hydrogens is 590 g/mol. The quantitative estimate of drug-likeness (QED) is 0.273. The molecule has 2 aliphatic carbocycles. The molecule has 0 bridgehead atoms. The largest absolute Gasteiger partial charge is 0.586 e. The van der Waals surface area contributed by atoms with Gasteiger partial charge in [0.2, 0.25) is 17.6 Å². The number of carbonyl (C=O) groups is 5. The van der Waals surface area contributed by atoms with Gasteiger partial charge in [-0.15, -0.1) is 8.78 Å². The standard InChI is InChI=1S/C32H42F2N4O7/c33-32(34)44-25-14-13-21(18-26(25)45-32)29(41)38-24(16-19-8-3-1-4-9-19)30(42)37-23(17-20-10-7-15-35-28(20)40)27(39)31(43)36-22-11-5-2-6-12-22/h13-14,18-20,22-24H,1-12,15-17H2,(H,35,40)(H,36,43)(H,37,42)(H,38,41)/t20-,23-,24-/m0/s1. The fraction of sp³-hybridized carbons (Fsp3) is 0.656. The first kappa shape index (κ1) is 32.6. The Kier molecular flexibility index (Phi) is 10.5. The van der Waals surface area contributed by atoms with Gasteiger partial charge in [0.1, 0.15) is 6.04 Å². The molecule has 3 fully saturated rings. The van der Waals surface area contributed by atoms with Gasteiger partial charge in [0.15, 0.2) is 11.5 Å². The molecule has 1 saturated heterocycles. The maximum atomic E-state index is 13.9. The summed E-state index contributed by atoms with van der Waals surface area (Å²) in [6.07, 6.45) is 6.94. The van der Waals surface area contributed by atoms with E-state index in [2.05, 4.69) is 30.7 Å². The van der Waals surface area contributed by atoms with Crippen LogP contribution in [-0.2, 0) is 19.2 Å². The summed E-state index contributed by atoms with van der Waals surface area (Å²) in [5, 5.41) is 11.0. The van der Waals surface area contributed by atoms with E-state index in [9.17, 15) is 32.8 Å². The molecule has 0 aromatic heterocycles. The van der Waals surface area contributed by atoms with Crippen molar-refractivity contribution in [3.63, 3.8) is 0 Å². The Morgan fingerprint density at radius 1 is 0.844 bits per heavy atom. The number of piperidine rings is 1. The van der Waals surface area contributed by atoms with Crippen LogP contribution in [0.5, 0.6) is 11.5 Å². The average Bonchev–Trinajstić information content (AvgIpc) is 3.35. The minimum atomic E-state index is -3.85. The summed E-state index contributed by atoms with van der Waals surface area (Å²) in [6, 6.07) is 1.13. The number of benzene rings is 1. The minimum absolute atomic E-state index is 0.0187. The van der Waals surface area contributed by atoms with Gasteiger partial charge in [-0.25, -0.2) is 0 Å². The molecule has 1 aromatic rings. The van der Waals surface area contributed by atoms with Gasteiger partial charge < -0.3 is 30.7 Å². The average molecular weight is 633 g/mol. The first-order chi connectivity index (χ1) is 21.6. The lowest BCUT2D eigenvalue weighted by Gasteiger charge is -2.30. The highest BCUT2D eigenvalue weighted by atomic mass is 19.3. The Morgan fingerprint density at radius 3 is 2.24 bits per heavy atom. The van der Waals surface area contributed by atoms with E-state index in [1.54, 1.807) is 0 Å². The molecule has 0 unspecified atom stereocenters. The van der Waals surface area contributed by atoms with E-state index in [0.717, 1.165) is 70.3 Å². The summed E-state index contributed by atoms with van der Waals surface area (Å²) in [6.45, 7) is 0.523. The molecule has 1 aromatic carbocycles. The summed E-state index contributed by atoms with van der Waals surface area (Å²) < 4.78 is 35.9.